The fourth-order valence-corrected chi connectivity index (χ4v) is 0.850. The van der Waals surface area contributed by atoms with Crippen molar-refractivity contribution in [3.05, 3.63) is 59.7 Å². The molecule has 0 unspecified atom stereocenters. The first-order valence-electron chi connectivity index (χ1n) is 4.06. The standard InChI is InChI=1S/C7H7Cl.C5H8/c1-6-3-2-4-7(8)5-6;1-4-5(2)3/h2-5H,1H3;4H,1-2H2,3H3. The average Bonchev–Trinajstić information content (AvgIpc) is 2.05. The van der Waals surface area contributed by atoms with Crippen LogP contribution in [0.25, 0.3) is 0 Å². The topological polar surface area (TPSA) is 0 Å². The van der Waals surface area contributed by atoms with Gasteiger partial charge in [0.2, 0.25) is 0 Å². The molecule has 0 aromatic heterocycles. The zero-order valence-electron chi connectivity index (χ0n) is 8.18. The molecule has 0 saturated carbocycles. The molecule has 0 aliphatic rings. The van der Waals surface area contributed by atoms with Gasteiger partial charge in [-0.05, 0) is 31.5 Å². The molecule has 1 heteroatoms. The maximum absolute atomic E-state index is 5.64. The molecule has 70 valence electrons. The first-order valence-corrected chi connectivity index (χ1v) is 4.44. The van der Waals surface area contributed by atoms with Crippen LogP contribution in [0.1, 0.15) is 12.5 Å². The van der Waals surface area contributed by atoms with Gasteiger partial charge in [0.05, 0.1) is 0 Å². The van der Waals surface area contributed by atoms with Crippen LogP contribution in [0.4, 0.5) is 0 Å². The molecule has 1 aromatic carbocycles. The van der Waals surface area contributed by atoms with E-state index < -0.39 is 0 Å². The van der Waals surface area contributed by atoms with Gasteiger partial charge in [0.25, 0.3) is 0 Å². The summed E-state index contributed by atoms with van der Waals surface area (Å²) in [5.74, 6) is 0. The van der Waals surface area contributed by atoms with Gasteiger partial charge in [0.1, 0.15) is 0 Å². The van der Waals surface area contributed by atoms with Crippen LogP contribution >= 0.6 is 11.6 Å². The molecule has 0 bridgehead atoms. The van der Waals surface area contributed by atoms with Gasteiger partial charge < -0.3 is 0 Å². The van der Waals surface area contributed by atoms with E-state index in [4.69, 9.17) is 11.6 Å². The lowest BCUT2D eigenvalue weighted by molar-refractivity contribution is 1.47. The molecular formula is C12H15Cl. The van der Waals surface area contributed by atoms with Crippen LogP contribution < -0.4 is 0 Å². The molecule has 0 N–H and O–H groups in total. The van der Waals surface area contributed by atoms with Crippen molar-refractivity contribution in [1.29, 1.82) is 0 Å². The van der Waals surface area contributed by atoms with Crippen molar-refractivity contribution in [2.45, 2.75) is 13.8 Å². The Balaban J connectivity index is 0.000000252. The minimum absolute atomic E-state index is 0.810. The lowest BCUT2D eigenvalue weighted by atomic mass is 10.2. The van der Waals surface area contributed by atoms with Crippen LogP contribution in [-0.2, 0) is 0 Å². The van der Waals surface area contributed by atoms with Crippen molar-refractivity contribution >= 4 is 11.6 Å². The number of benzene rings is 1. The van der Waals surface area contributed by atoms with E-state index >= 15 is 0 Å². The zero-order chi connectivity index (χ0) is 10.3. The average molecular weight is 195 g/mol. The van der Waals surface area contributed by atoms with Gasteiger partial charge in [-0.2, -0.15) is 0 Å². The van der Waals surface area contributed by atoms with Crippen molar-refractivity contribution in [2.24, 2.45) is 0 Å². The van der Waals surface area contributed by atoms with Crippen molar-refractivity contribution in [2.75, 3.05) is 0 Å². The maximum Gasteiger partial charge on any atom is 0.0408 e. The number of allylic oxidation sites excluding steroid dienone is 2. The third-order valence-electron chi connectivity index (χ3n) is 1.33. The van der Waals surface area contributed by atoms with Crippen LogP contribution in [0.15, 0.2) is 49.1 Å². The predicted octanol–water partition coefficient (Wildman–Crippen LogP) is 4.40. The van der Waals surface area contributed by atoms with E-state index in [-0.39, 0.29) is 0 Å². The minimum atomic E-state index is 0.810. The Morgan fingerprint density at radius 3 is 2.23 bits per heavy atom. The summed E-state index contributed by atoms with van der Waals surface area (Å²) in [6.07, 6.45) is 1.72. The van der Waals surface area contributed by atoms with Gasteiger partial charge in [0, 0.05) is 5.02 Å². The summed E-state index contributed by atoms with van der Waals surface area (Å²) in [6, 6.07) is 7.76. The number of halogens is 1. The maximum atomic E-state index is 5.64. The fourth-order valence-electron chi connectivity index (χ4n) is 0.606. The van der Waals surface area contributed by atoms with Crippen molar-refractivity contribution in [1.82, 2.24) is 0 Å². The molecule has 0 heterocycles. The van der Waals surface area contributed by atoms with E-state index in [9.17, 15) is 0 Å². The highest BCUT2D eigenvalue weighted by atomic mass is 35.5. The molecule has 1 rings (SSSR count). The van der Waals surface area contributed by atoms with E-state index in [1.807, 2.05) is 38.1 Å². The second-order valence-electron chi connectivity index (χ2n) is 2.85. The Morgan fingerprint density at radius 2 is 2.00 bits per heavy atom. The Bertz CT molecular complexity index is 270. The number of rotatable bonds is 1. The molecule has 13 heavy (non-hydrogen) atoms. The van der Waals surface area contributed by atoms with Gasteiger partial charge in [-0.1, -0.05) is 48.5 Å². The van der Waals surface area contributed by atoms with Gasteiger partial charge in [-0.3, -0.25) is 0 Å². The highest BCUT2D eigenvalue weighted by Crippen LogP contribution is 2.08. The summed E-state index contributed by atoms with van der Waals surface area (Å²) in [6.45, 7) is 10.9. The van der Waals surface area contributed by atoms with Gasteiger partial charge in [-0.15, -0.1) is 0 Å². The molecule has 0 atom stereocenters. The second kappa shape index (κ2) is 6.50. The summed E-state index contributed by atoms with van der Waals surface area (Å²) in [7, 11) is 0. The normalized spacial score (nSPS) is 8.23. The van der Waals surface area contributed by atoms with Crippen LogP contribution in [0, 0.1) is 6.92 Å². The minimum Gasteiger partial charge on any atom is -0.0988 e. The molecule has 0 aliphatic heterocycles. The lowest BCUT2D eigenvalue weighted by Gasteiger charge is -1.88. The number of aryl methyl sites for hydroxylation is 1. The van der Waals surface area contributed by atoms with Crippen LogP contribution in [0.2, 0.25) is 5.02 Å². The number of hydrogen-bond donors (Lipinski definition) is 0. The van der Waals surface area contributed by atoms with E-state index in [0.717, 1.165) is 10.6 Å². The van der Waals surface area contributed by atoms with Crippen LogP contribution in [0.5, 0.6) is 0 Å². The first-order chi connectivity index (χ1) is 6.06. The molecule has 0 fully saturated rings. The third-order valence-corrected chi connectivity index (χ3v) is 1.56. The first kappa shape index (κ1) is 12.0. The van der Waals surface area contributed by atoms with Crippen LogP contribution in [0.3, 0.4) is 0 Å². The molecule has 0 nitrogen and oxygen atoms in total. The summed E-state index contributed by atoms with van der Waals surface area (Å²) >= 11 is 5.64. The summed E-state index contributed by atoms with van der Waals surface area (Å²) < 4.78 is 0. The largest absolute Gasteiger partial charge is 0.0988 e. The zero-order valence-corrected chi connectivity index (χ0v) is 8.93. The van der Waals surface area contributed by atoms with E-state index in [1.165, 1.54) is 5.56 Å². The predicted molar refractivity (Wildman–Crippen MR) is 61.2 cm³/mol. The second-order valence-corrected chi connectivity index (χ2v) is 3.29. The summed E-state index contributed by atoms with van der Waals surface area (Å²) in [5, 5.41) is 0.810. The molecule has 0 saturated heterocycles. The van der Waals surface area contributed by atoms with E-state index in [2.05, 4.69) is 13.2 Å². The molecule has 0 amide bonds. The molecule has 0 spiro atoms. The van der Waals surface area contributed by atoms with Crippen molar-refractivity contribution in [3.8, 4) is 0 Å². The summed E-state index contributed by atoms with van der Waals surface area (Å²) in [4.78, 5) is 0. The van der Waals surface area contributed by atoms with Gasteiger partial charge >= 0.3 is 0 Å². The molecule has 0 aliphatic carbocycles. The van der Waals surface area contributed by atoms with Crippen molar-refractivity contribution in [3.63, 3.8) is 0 Å². The quantitative estimate of drug-likeness (QED) is 0.582. The Morgan fingerprint density at radius 1 is 1.46 bits per heavy atom. The Kier molecular flexibility index (Phi) is 5.99. The lowest BCUT2D eigenvalue weighted by Crippen LogP contribution is -1.66. The van der Waals surface area contributed by atoms with Crippen molar-refractivity contribution < 1.29 is 0 Å². The Hall–Kier alpha value is -1.01. The highest BCUT2D eigenvalue weighted by Gasteiger charge is 1.82. The SMILES string of the molecule is C=CC(=C)C.Cc1cccc(Cl)c1. The molecular weight excluding hydrogens is 180 g/mol. The Labute approximate surface area is 85.6 Å². The molecule has 0 radical (unpaired) electrons. The van der Waals surface area contributed by atoms with E-state index in [0.29, 0.717) is 0 Å². The highest BCUT2D eigenvalue weighted by molar-refractivity contribution is 6.30. The molecule has 1 aromatic rings. The summed E-state index contributed by atoms with van der Waals surface area (Å²) in [5.41, 5.74) is 2.22. The smallest absolute Gasteiger partial charge is 0.0408 e. The third kappa shape index (κ3) is 7.35. The van der Waals surface area contributed by atoms with Gasteiger partial charge in [-0.25, -0.2) is 0 Å². The van der Waals surface area contributed by atoms with E-state index in [1.54, 1.807) is 6.08 Å². The van der Waals surface area contributed by atoms with Gasteiger partial charge in [0.15, 0.2) is 0 Å². The van der Waals surface area contributed by atoms with Crippen LogP contribution in [-0.4, -0.2) is 0 Å². The fraction of sp³-hybridized carbons (Fsp3) is 0.167. The monoisotopic (exact) mass is 194 g/mol. The number of hydrogen-bond acceptors (Lipinski definition) is 0.